The monoisotopic (exact) mass is 297 g/mol. The highest BCUT2D eigenvalue weighted by Gasteiger charge is 2.18. The Balaban J connectivity index is 1.96. The van der Waals surface area contributed by atoms with E-state index in [9.17, 15) is 4.79 Å². The smallest absolute Gasteiger partial charge is 0.271 e. The molecule has 20 heavy (non-hydrogen) atoms. The number of pyridine rings is 1. The Kier molecular flexibility index (Phi) is 5.61. The molecule has 110 valence electrons. The van der Waals surface area contributed by atoms with Crippen molar-refractivity contribution in [3.8, 4) is 0 Å². The van der Waals surface area contributed by atoms with Gasteiger partial charge in [-0.2, -0.15) is 0 Å². The first-order valence-corrected chi connectivity index (χ1v) is 7.38. The van der Waals surface area contributed by atoms with Gasteiger partial charge in [0.15, 0.2) is 0 Å². The van der Waals surface area contributed by atoms with Gasteiger partial charge in [-0.25, -0.2) is 4.98 Å². The Morgan fingerprint density at radius 1 is 1.55 bits per heavy atom. The quantitative estimate of drug-likeness (QED) is 0.847. The molecule has 0 aromatic carbocycles. The first kappa shape index (κ1) is 15.1. The van der Waals surface area contributed by atoms with E-state index in [0.717, 1.165) is 32.4 Å². The zero-order valence-corrected chi connectivity index (χ0v) is 12.4. The average Bonchev–Trinajstić information content (AvgIpc) is 2.97. The van der Waals surface area contributed by atoms with Gasteiger partial charge in [0.1, 0.15) is 11.5 Å². The normalized spacial score (nSPS) is 18.0. The molecule has 0 aliphatic carbocycles. The van der Waals surface area contributed by atoms with Gasteiger partial charge in [0, 0.05) is 19.7 Å². The summed E-state index contributed by atoms with van der Waals surface area (Å²) < 4.78 is 5.47. The van der Waals surface area contributed by atoms with Crippen LogP contribution in [0.2, 0.25) is 5.02 Å². The van der Waals surface area contributed by atoms with Crippen LogP contribution in [0.5, 0.6) is 0 Å². The van der Waals surface area contributed by atoms with E-state index in [0.29, 0.717) is 17.4 Å². The molecule has 0 saturated carbocycles. The Bertz CT molecular complexity index is 462. The van der Waals surface area contributed by atoms with E-state index in [1.807, 2.05) is 0 Å². The molecule has 1 aromatic heterocycles. The first-order chi connectivity index (χ1) is 9.70. The maximum atomic E-state index is 12.1. The van der Waals surface area contributed by atoms with Gasteiger partial charge >= 0.3 is 0 Å². The SMILES string of the molecule is CCCNc1ccc(Cl)c(C(=O)NCC2CCCO2)n1. The van der Waals surface area contributed by atoms with Gasteiger partial charge in [0.25, 0.3) is 5.91 Å². The van der Waals surface area contributed by atoms with Gasteiger partial charge < -0.3 is 15.4 Å². The standard InChI is InChI=1S/C14H20ClN3O2/c1-2-7-16-12-6-5-11(15)13(18-12)14(19)17-9-10-4-3-8-20-10/h5-6,10H,2-4,7-9H2,1H3,(H,16,18)(H,17,19). The summed E-state index contributed by atoms with van der Waals surface area (Å²) >= 11 is 6.04. The van der Waals surface area contributed by atoms with E-state index >= 15 is 0 Å². The summed E-state index contributed by atoms with van der Waals surface area (Å²) in [5, 5.41) is 6.32. The van der Waals surface area contributed by atoms with Crippen LogP contribution in [0.4, 0.5) is 5.82 Å². The minimum absolute atomic E-state index is 0.110. The molecule has 0 bridgehead atoms. The summed E-state index contributed by atoms with van der Waals surface area (Å²) in [7, 11) is 0. The number of hydrogen-bond acceptors (Lipinski definition) is 4. The molecule has 1 unspecified atom stereocenters. The van der Waals surface area contributed by atoms with E-state index < -0.39 is 0 Å². The van der Waals surface area contributed by atoms with Crippen molar-refractivity contribution in [3.05, 3.63) is 22.8 Å². The number of halogens is 1. The second-order valence-corrected chi connectivity index (χ2v) is 5.21. The molecular formula is C14H20ClN3O2. The second-order valence-electron chi connectivity index (χ2n) is 4.80. The van der Waals surface area contributed by atoms with Gasteiger partial charge in [-0.1, -0.05) is 18.5 Å². The van der Waals surface area contributed by atoms with E-state index in [1.165, 1.54) is 0 Å². The fraction of sp³-hybridized carbons (Fsp3) is 0.571. The molecule has 2 N–H and O–H groups in total. The van der Waals surface area contributed by atoms with Crippen LogP contribution in [0, 0.1) is 0 Å². The summed E-state index contributed by atoms with van der Waals surface area (Å²) in [4.78, 5) is 16.4. The maximum Gasteiger partial charge on any atom is 0.271 e. The molecule has 1 fully saturated rings. The van der Waals surface area contributed by atoms with E-state index in [2.05, 4.69) is 22.5 Å². The zero-order valence-electron chi connectivity index (χ0n) is 11.6. The molecule has 6 heteroatoms. The van der Waals surface area contributed by atoms with Crippen molar-refractivity contribution in [1.29, 1.82) is 0 Å². The average molecular weight is 298 g/mol. The topological polar surface area (TPSA) is 63.2 Å². The van der Waals surface area contributed by atoms with Crippen molar-refractivity contribution in [2.24, 2.45) is 0 Å². The summed E-state index contributed by atoms with van der Waals surface area (Å²) in [6.07, 6.45) is 3.14. The van der Waals surface area contributed by atoms with Crippen LogP contribution in [-0.2, 0) is 4.74 Å². The number of aromatic nitrogens is 1. The van der Waals surface area contributed by atoms with Crippen LogP contribution < -0.4 is 10.6 Å². The van der Waals surface area contributed by atoms with Gasteiger partial charge in [-0.3, -0.25) is 4.79 Å². The van der Waals surface area contributed by atoms with Gasteiger partial charge in [0.2, 0.25) is 0 Å². The molecule has 1 amide bonds. The molecule has 0 radical (unpaired) electrons. The molecule has 1 atom stereocenters. The zero-order chi connectivity index (χ0) is 14.4. The molecule has 1 aliphatic heterocycles. The molecular weight excluding hydrogens is 278 g/mol. The molecule has 1 aliphatic rings. The molecule has 1 aromatic rings. The predicted molar refractivity (Wildman–Crippen MR) is 79.3 cm³/mol. The number of hydrogen-bond donors (Lipinski definition) is 2. The fourth-order valence-corrected chi connectivity index (χ4v) is 2.24. The summed E-state index contributed by atoms with van der Waals surface area (Å²) in [5.41, 5.74) is 0.255. The largest absolute Gasteiger partial charge is 0.376 e. The van der Waals surface area contributed by atoms with Crippen LogP contribution in [0.3, 0.4) is 0 Å². The third kappa shape index (κ3) is 4.08. The molecule has 2 heterocycles. The lowest BCUT2D eigenvalue weighted by atomic mass is 10.2. The van der Waals surface area contributed by atoms with Gasteiger partial charge in [-0.05, 0) is 31.4 Å². The lowest BCUT2D eigenvalue weighted by Gasteiger charge is -2.12. The van der Waals surface area contributed by atoms with Crippen LogP contribution in [0.25, 0.3) is 0 Å². The molecule has 2 rings (SSSR count). The number of ether oxygens (including phenoxy) is 1. The fourth-order valence-electron chi connectivity index (χ4n) is 2.05. The van der Waals surface area contributed by atoms with Crippen molar-refractivity contribution in [2.45, 2.75) is 32.3 Å². The number of carbonyl (C=O) groups excluding carboxylic acids is 1. The van der Waals surface area contributed by atoms with Crippen molar-refractivity contribution < 1.29 is 9.53 Å². The van der Waals surface area contributed by atoms with Crippen LogP contribution in [-0.4, -0.2) is 36.7 Å². The maximum absolute atomic E-state index is 12.1. The van der Waals surface area contributed by atoms with Crippen LogP contribution in [0.1, 0.15) is 36.7 Å². The van der Waals surface area contributed by atoms with E-state index in [1.54, 1.807) is 12.1 Å². The summed E-state index contributed by atoms with van der Waals surface area (Å²) in [5.74, 6) is 0.407. The van der Waals surface area contributed by atoms with Crippen molar-refractivity contribution >= 4 is 23.3 Å². The van der Waals surface area contributed by atoms with Crippen molar-refractivity contribution in [2.75, 3.05) is 25.0 Å². The minimum atomic E-state index is -0.259. The minimum Gasteiger partial charge on any atom is -0.376 e. The van der Waals surface area contributed by atoms with Crippen molar-refractivity contribution in [1.82, 2.24) is 10.3 Å². The number of nitrogens with one attached hydrogen (secondary N) is 2. The Labute approximate surface area is 124 Å². The number of rotatable bonds is 6. The number of nitrogens with zero attached hydrogens (tertiary/aromatic N) is 1. The lowest BCUT2D eigenvalue weighted by Crippen LogP contribution is -2.32. The van der Waals surface area contributed by atoms with Gasteiger partial charge in [-0.15, -0.1) is 0 Å². The summed E-state index contributed by atoms with van der Waals surface area (Å²) in [6, 6.07) is 3.46. The van der Waals surface area contributed by atoms with Gasteiger partial charge in [0.05, 0.1) is 11.1 Å². The predicted octanol–water partition coefficient (Wildman–Crippen LogP) is 2.47. The summed E-state index contributed by atoms with van der Waals surface area (Å²) in [6.45, 7) is 4.16. The molecule has 1 saturated heterocycles. The highest BCUT2D eigenvalue weighted by atomic mass is 35.5. The van der Waals surface area contributed by atoms with E-state index in [4.69, 9.17) is 16.3 Å². The number of anilines is 1. The Hall–Kier alpha value is -1.33. The third-order valence-electron chi connectivity index (χ3n) is 3.13. The van der Waals surface area contributed by atoms with Crippen LogP contribution >= 0.6 is 11.6 Å². The lowest BCUT2D eigenvalue weighted by molar-refractivity contribution is 0.0854. The highest BCUT2D eigenvalue weighted by Crippen LogP contribution is 2.17. The van der Waals surface area contributed by atoms with Crippen molar-refractivity contribution in [3.63, 3.8) is 0 Å². The Morgan fingerprint density at radius 3 is 3.10 bits per heavy atom. The van der Waals surface area contributed by atoms with E-state index in [-0.39, 0.29) is 17.7 Å². The highest BCUT2D eigenvalue weighted by molar-refractivity contribution is 6.33. The van der Waals surface area contributed by atoms with Crippen LogP contribution in [0.15, 0.2) is 12.1 Å². The molecule has 0 spiro atoms. The second kappa shape index (κ2) is 7.45. The first-order valence-electron chi connectivity index (χ1n) is 7.01. The molecule has 5 nitrogen and oxygen atoms in total. The number of carbonyl (C=O) groups is 1. The number of amides is 1. The Morgan fingerprint density at radius 2 is 2.40 bits per heavy atom. The third-order valence-corrected chi connectivity index (χ3v) is 3.44.